The van der Waals surface area contributed by atoms with Crippen molar-refractivity contribution in [2.24, 2.45) is 7.05 Å². The highest BCUT2D eigenvalue weighted by Gasteiger charge is 2.29. The zero-order valence-corrected chi connectivity index (χ0v) is 20.6. The fourth-order valence-electron chi connectivity index (χ4n) is 4.17. The number of ether oxygens (including phenoxy) is 2. The van der Waals surface area contributed by atoms with Crippen molar-refractivity contribution in [3.05, 3.63) is 54.6 Å². The van der Waals surface area contributed by atoms with Crippen molar-refractivity contribution in [1.29, 1.82) is 0 Å². The van der Waals surface area contributed by atoms with Gasteiger partial charge in [-0.2, -0.15) is 10.2 Å². The third kappa shape index (κ3) is 4.01. The van der Waals surface area contributed by atoms with Crippen LogP contribution in [0.15, 0.2) is 53.9 Å². The number of benzene rings is 1. The molecule has 10 nitrogen and oxygen atoms in total. The lowest BCUT2D eigenvalue weighted by molar-refractivity contribution is -0.0218. The lowest BCUT2D eigenvalue weighted by Crippen LogP contribution is -2.27. The van der Waals surface area contributed by atoms with Crippen LogP contribution in [0.2, 0.25) is 0 Å². The van der Waals surface area contributed by atoms with Crippen molar-refractivity contribution in [2.75, 3.05) is 18.9 Å². The van der Waals surface area contributed by atoms with Crippen LogP contribution in [0.5, 0.6) is 5.75 Å². The Morgan fingerprint density at radius 2 is 1.85 bits per heavy atom. The number of hydrogen-bond donors (Lipinski definition) is 1. The molecule has 4 aromatic rings. The average Bonchev–Trinajstić information content (AvgIpc) is 3.49. The summed E-state index contributed by atoms with van der Waals surface area (Å²) < 4.78 is 43.4. The molecule has 0 saturated heterocycles. The molecule has 0 spiro atoms. The number of anilines is 1. The summed E-state index contributed by atoms with van der Waals surface area (Å²) in [5.74, 6) is 0.880. The van der Waals surface area contributed by atoms with E-state index in [0.29, 0.717) is 22.8 Å². The third-order valence-electron chi connectivity index (χ3n) is 6.23. The van der Waals surface area contributed by atoms with E-state index in [2.05, 4.69) is 33.8 Å². The molecule has 0 bridgehead atoms. The van der Waals surface area contributed by atoms with Gasteiger partial charge in [-0.05, 0) is 42.7 Å². The molecule has 0 amide bonds. The number of sulfonamides is 1. The van der Waals surface area contributed by atoms with Crippen LogP contribution in [0.4, 0.5) is 5.69 Å². The largest absolute Gasteiger partial charge is 0.494 e. The van der Waals surface area contributed by atoms with Gasteiger partial charge in [-0.3, -0.25) is 9.40 Å². The van der Waals surface area contributed by atoms with Gasteiger partial charge in [0.2, 0.25) is 0 Å². The maximum atomic E-state index is 13.3. The van der Waals surface area contributed by atoms with Gasteiger partial charge in [-0.25, -0.2) is 18.1 Å². The van der Waals surface area contributed by atoms with Gasteiger partial charge in [-0.15, -0.1) is 0 Å². The SMILES string of the molecule is CCC(CC)(OC)c1ccnc(-n2cc(S(=O)(=O)Nc3c(OC)ccc4cnn(C)c34)cn2)c1. The number of methoxy groups -OCH3 is 2. The molecule has 34 heavy (non-hydrogen) atoms. The zero-order valence-electron chi connectivity index (χ0n) is 19.8. The summed E-state index contributed by atoms with van der Waals surface area (Å²) in [4.78, 5) is 4.37. The van der Waals surface area contributed by atoms with E-state index in [1.165, 1.54) is 24.2 Å². The van der Waals surface area contributed by atoms with Gasteiger partial charge in [0.05, 0.1) is 36.8 Å². The van der Waals surface area contributed by atoms with Crippen LogP contribution in [0, 0.1) is 0 Å². The van der Waals surface area contributed by atoms with E-state index in [-0.39, 0.29) is 4.90 Å². The third-order valence-corrected chi connectivity index (χ3v) is 7.53. The van der Waals surface area contributed by atoms with E-state index in [0.717, 1.165) is 23.8 Å². The second-order valence-electron chi connectivity index (χ2n) is 7.88. The first-order valence-corrected chi connectivity index (χ1v) is 12.3. The van der Waals surface area contributed by atoms with Gasteiger partial charge in [0.25, 0.3) is 10.0 Å². The molecule has 0 aliphatic rings. The summed E-state index contributed by atoms with van der Waals surface area (Å²) in [6.07, 6.45) is 7.62. The predicted molar refractivity (Wildman–Crippen MR) is 129 cm³/mol. The molecule has 0 unspecified atom stereocenters. The molecule has 1 aromatic carbocycles. The first-order valence-electron chi connectivity index (χ1n) is 10.9. The van der Waals surface area contributed by atoms with E-state index < -0.39 is 15.6 Å². The lowest BCUT2D eigenvalue weighted by Gasteiger charge is -2.30. The number of nitrogens with zero attached hydrogens (tertiary/aromatic N) is 5. The van der Waals surface area contributed by atoms with Gasteiger partial charge >= 0.3 is 0 Å². The lowest BCUT2D eigenvalue weighted by atomic mass is 9.89. The number of fused-ring (bicyclic) bond motifs is 1. The number of aromatic nitrogens is 5. The van der Waals surface area contributed by atoms with Crippen LogP contribution in [0.25, 0.3) is 16.7 Å². The molecule has 11 heteroatoms. The molecule has 1 N–H and O–H groups in total. The average molecular weight is 485 g/mol. The Bertz CT molecular complexity index is 1410. The molecule has 0 fully saturated rings. The van der Waals surface area contributed by atoms with Crippen molar-refractivity contribution >= 4 is 26.6 Å². The highest BCUT2D eigenvalue weighted by Crippen LogP contribution is 2.35. The highest BCUT2D eigenvalue weighted by molar-refractivity contribution is 7.92. The van der Waals surface area contributed by atoms with Gasteiger partial charge in [0.1, 0.15) is 16.3 Å². The van der Waals surface area contributed by atoms with Crippen molar-refractivity contribution < 1.29 is 17.9 Å². The minimum absolute atomic E-state index is 0.00934. The van der Waals surface area contributed by atoms with Crippen LogP contribution in [-0.2, 0) is 27.4 Å². The summed E-state index contributed by atoms with van der Waals surface area (Å²) in [5, 5.41) is 9.26. The molecule has 0 aliphatic heterocycles. The van der Waals surface area contributed by atoms with E-state index >= 15 is 0 Å². The molecule has 4 rings (SSSR count). The van der Waals surface area contributed by atoms with Gasteiger partial charge < -0.3 is 9.47 Å². The van der Waals surface area contributed by atoms with Crippen molar-refractivity contribution in [2.45, 2.75) is 37.2 Å². The second-order valence-corrected chi connectivity index (χ2v) is 9.57. The topological polar surface area (TPSA) is 113 Å². The summed E-state index contributed by atoms with van der Waals surface area (Å²) >= 11 is 0. The fourth-order valence-corrected chi connectivity index (χ4v) is 5.18. The Morgan fingerprint density at radius 1 is 1.09 bits per heavy atom. The minimum Gasteiger partial charge on any atom is -0.494 e. The van der Waals surface area contributed by atoms with E-state index in [4.69, 9.17) is 9.47 Å². The summed E-state index contributed by atoms with van der Waals surface area (Å²) in [5.41, 5.74) is 1.43. The Kier molecular flexibility index (Phi) is 6.32. The summed E-state index contributed by atoms with van der Waals surface area (Å²) in [7, 11) is 0.934. The molecular weight excluding hydrogens is 456 g/mol. The Balaban J connectivity index is 1.70. The van der Waals surface area contributed by atoms with Gasteiger partial charge in [0.15, 0.2) is 5.82 Å². The molecule has 0 atom stereocenters. The first kappa shape index (κ1) is 23.7. The van der Waals surface area contributed by atoms with Crippen LogP contribution in [0.1, 0.15) is 32.3 Å². The monoisotopic (exact) mass is 484 g/mol. The maximum absolute atomic E-state index is 13.3. The standard InChI is InChI=1S/C23H28N6O4S/c1-6-23(7-2,33-5)17-10-11-24-20(12-17)29-15-18(14-26-29)34(30,31)27-21-19(32-4)9-8-16-13-25-28(3)22(16)21/h8-15,27H,6-7H2,1-5H3. The Labute approximate surface area is 198 Å². The summed E-state index contributed by atoms with van der Waals surface area (Å²) in [6, 6.07) is 7.29. The van der Waals surface area contributed by atoms with Crippen LogP contribution >= 0.6 is 0 Å². The van der Waals surface area contributed by atoms with E-state index in [1.807, 2.05) is 18.2 Å². The van der Waals surface area contributed by atoms with E-state index in [9.17, 15) is 8.42 Å². The number of nitrogens with one attached hydrogen (secondary N) is 1. The molecular formula is C23H28N6O4S. The number of aryl methyl sites for hydroxylation is 1. The normalized spacial score (nSPS) is 12.3. The van der Waals surface area contributed by atoms with Crippen LogP contribution in [-0.4, -0.2) is 47.2 Å². The fraction of sp³-hybridized carbons (Fsp3) is 0.348. The van der Waals surface area contributed by atoms with Gasteiger partial charge in [-0.1, -0.05) is 13.8 Å². The molecule has 0 radical (unpaired) electrons. The maximum Gasteiger partial charge on any atom is 0.265 e. The van der Waals surface area contributed by atoms with Crippen LogP contribution < -0.4 is 9.46 Å². The predicted octanol–water partition coefficient (Wildman–Crippen LogP) is 3.63. The molecule has 0 aliphatic carbocycles. The number of hydrogen-bond acceptors (Lipinski definition) is 7. The molecule has 3 aromatic heterocycles. The molecule has 3 heterocycles. The zero-order chi connectivity index (χ0) is 24.5. The smallest absolute Gasteiger partial charge is 0.265 e. The minimum atomic E-state index is -3.98. The first-order chi connectivity index (χ1) is 16.3. The van der Waals surface area contributed by atoms with Crippen molar-refractivity contribution in [3.63, 3.8) is 0 Å². The number of pyridine rings is 1. The Hall–Kier alpha value is -3.44. The number of rotatable bonds is 9. The van der Waals surface area contributed by atoms with E-state index in [1.54, 1.807) is 37.3 Å². The Morgan fingerprint density at radius 3 is 2.53 bits per heavy atom. The highest BCUT2D eigenvalue weighted by atomic mass is 32.2. The quantitative estimate of drug-likeness (QED) is 0.386. The molecule has 0 saturated carbocycles. The second kappa shape index (κ2) is 9.07. The molecule has 180 valence electrons. The summed E-state index contributed by atoms with van der Waals surface area (Å²) in [6.45, 7) is 4.13. The van der Waals surface area contributed by atoms with Crippen LogP contribution in [0.3, 0.4) is 0 Å². The van der Waals surface area contributed by atoms with Crippen molar-refractivity contribution in [3.8, 4) is 11.6 Å². The van der Waals surface area contributed by atoms with Gasteiger partial charge in [0, 0.05) is 25.7 Å². The van der Waals surface area contributed by atoms with Crippen molar-refractivity contribution in [1.82, 2.24) is 24.5 Å².